The van der Waals surface area contributed by atoms with E-state index in [0.717, 1.165) is 12.8 Å². The van der Waals surface area contributed by atoms with Crippen LogP contribution in [0, 0.1) is 0 Å². The molecule has 0 amide bonds. The highest BCUT2D eigenvalue weighted by atomic mass is 16.3. The quantitative estimate of drug-likeness (QED) is 0.286. The lowest BCUT2D eigenvalue weighted by Crippen LogP contribution is -2.05. The third-order valence-corrected chi connectivity index (χ3v) is 4.53. The molecule has 21 heavy (non-hydrogen) atoms. The van der Waals surface area contributed by atoms with E-state index in [2.05, 4.69) is 13.8 Å². The Morgan fingerprint density at radius 2 is 0.810 bits per heavy atom. The fourth-order valence-corrected chi connectivity index (χ4v) is 2.98. The van der Waals surface area contributed by atoms with Crippen molar-refractivity contribution >= 4 is 0 Å². The molecule has 1 nitrogen and oxygen atoms in total. The van der Waals surface area contributed by atoms with Gasteiger partial charge in [0, 0.05) is 0 Å². The SMILES string of the molecule is CCCCCCCCCCCCCCCC(O)CCCC. The highest BCUT2D eigenvalue weighted by Gasteiger charge is 2.02. The molecule has 0 heterocycles. The number of hydrogen-bond acceptors (Lipinski definition) is 1. The van der Waals surface area contributed by atoms with E-state index in [1.807, 2.05) is 0 Å². The molecule has 0 aliphatic rings. The van der Waals surface area contributed by atoms with Crippen molar-refractivity contribution < 1.29 is 5.11 Å². The molecule has 0 aromatic rings. The Morgan fingerprint density at radius 3 is 1.24 bits per heavy atom. The third kappa shape index (κ3) is 17.9. The summed E-state index contributed by atoms with van der Waals surface area (Å²) in [4.78, 5) is 0. The first kappa shape index (κ1) is 21.0. The van der Waals surface area contributed by atoms with Crippen molar-refractivity contribution in [3.05, 3.63) is 0 Å². The van der Waals surface area contributed by atoms with Gasteiger partial charge in [0.2, 0.25) is 0 Å². The number of rotatable bonds is 17. The summed E-state index contributed by atoms with van der Waals surface area (Å²) in [6.07, 6.45) is 22.6. The van der Waals surface area contributed by atoms with Crippen LogP contribution in [0.5, 0.6) is 0 Å². The van der Waals surface area contributed by atoms with Crippen LogP contribution in [-0.2, 0) is 0 Å². The van der Waals surface area contributed by atoms with Crippen LogP contribution in [0.25, 0.3) is 0 Å². The average molecular weight is 299 g/mol. The van der Waals surface area contributed by atoms with Crippen molar-refractivity contribution in [2.75, 3.05) is 0 Å². The first-order valence-corrected chi connectivity index (χ1v) is 9.99. The van der Waals surface area contributed by atoms with Crippen molar-refractivity contribution in [1.29, 1.82) is 0 Å². The Balaban J connectivity index is 3.02. The maximum atomic E-state index is 9.76. The Labute approximate surface area is 134 Å². The van der Waals surface area contributed by atoms with Gasteiger partial charge in [-0.15, -0.1) is 0 Å². The summed E-state index contributed by atoms with van der Waals surface area (Å²) >= 11 is 0. The Kier molecular flexibility index (Phi) is 18.0. The van der Waals surface area contributed by atoms with Crippen LogP contribution in [-0.4, -0.2) is 11.2 Å². The number of unbranched alkanes of at least 4 members (excludes halogenated alkanes) is 13. The zero-order valence-electron chi connectivity index (χ0n) is 15.0. The molecule has 1 N–H and O–H groups in total. The predicted molar refractivity (Wildman–Crippen MR) is 95.8 cm³/mol. The number of hydrogen-bond donors (Lipinski definition) is 1. The van der Waals surface area contributed by atoms with E-state index in [4.69, 9.17) is 0 Å². The van der Waals surface area contributed by atoms with Gasteiger partial charge in [-0.2, -0.15) is 0 Å². The van der Waals surface area contributed by atoms with Gasteiger partial charge in [0.1, 0.15) is 0 Å². The van der Waals surface area contributed by atoms with E-state index in [1.54, 1.807) is 0 Å². The molecule has 1 atom stereocenters. The van der Waals surface area contributed by atoms with E-state index in [1.165, 1.54) is 96.3 Å². The molecule has 0 fully saturated rings. The Bertz CT molecular complexity index is 179. The Hall–Kier alpha value is -0.0400. The molecule has 0 rings (SSSR count). The highest BCUT2D eigenvalue weighted by molar-refractivity contribution is 4.56. The second kappa shape index (κ2) is 18.0. The monoisotopic (exact) mass is 298 g/mol. The average Bonchev–Trinajstić information content (AvgIpc) is 2.49. The predicted octanol–water partition coefficient (Wildman–Crippen LogP) is 7.02. The molecule has 0 spiro atoms. The van der Waals surface area contributed by atoms with Gasteiger partial charge in [-0.3, -0.25) is 0 Å². The second-order valence-corrected chi connectivity index (χ2v) is 6.83. The fraction of sp³-hybridized carbons (Fsp3) is 1.00. The maximum absolute atomic E-state index is 9.76. The molecular formula is C20H42O. The summed E-state index contributed by atoms with van der Waals surface area (Å²) in [7, 11) is 0. The van der Waals surface area contributed by atoms with Crippen LogP contribution in [0.4, 0.5) is 0 Å². The molecule has 0 aromatic heterocycles. The fourth-order valence-electron chi connectivity index (χ4n) is 2.98. The van der Waals surface area contributed by atoms with Crippen molar-refractivity contribution in [2.45, 2.75) is 129 Å². The molecule has 0 aromatic carbocycles. The van der Waals surface area contributed by atoms with E-state index in [0.29, 0.717) is 0 Å². The molecule has 1 heteroatoms. The van der Waals surface area contributed by atoms with Gasteiger partial charge in [-0.05, 0) is 12.8 Å². The summed E-state index contributed by atoms with van der Waals surface area (Å²) in [5.74, 6) is 0. The summed E-state index contributed by atoms with van der Waals surface area (Å²) in [6, 6.07) is 0. The van der Waals surface area contributed by atoms with Gasteiger partial charge < -0.3 is 5.11 Å². The minimum Gasteiger partial charge on any atom is -0.393 e. The zero-order chi connectivity index (χ0) is 15.6. The first-order valence-electron chi connectivity index (χ1n) is 9.99. The van der Waals surface area contributed by atoms with Crippen LogP contribution in [0.1, 0.15) is 123 Å². The number of aliphatic hydroxyl groups excluding tert-OH is 1. The smallest absolute Gasteiger partial charge is 0.0540 e. The number of aliphatic hydroxyl groups is 1. The van der Waals surface area contributed by atoms with Crippen molar-refractivity contribution in [2.24, 2.45) is 0 Å². The molecule has 0 aliphatic carbocycles. The summed E-state index contributed by atoms with van der Waals surface area (Å²) in [6.45, 7) is 4.48. The van der Waals surface area contributed by atoms with Gasteiger partial charge in [0.25, 0.3) is 0 Å². The van der Waals surface area contributed by atoms with E-state index in [9.17, 15) is 5.11 Å². The topological polar surface area (TPSA) is 20.2 Å². The minimum atomic E-state index is -0.0299. The van der Waals surface area contributed by atoms with Crippen LogP contribution in [0.3, 0.4) is 0 Å². The van der Waals surface area contributed by atoms with Gasteiger partial charge in [-0.1, -0.05) is 110 Å². The second-order valence-electron chi connectivity index (χ2n) is 6.83. The summed E-state index contributed by atoms with van der Waals surface area (Å²) < 4.78 is 0. The lowest BCUT2D eigenvalue weighted by Gasteiger charge is -2.09. The van der Waals surface area contributed by atoms with Gasteiger partial charge in [0.15, 0.2) is 0 Å². The zero-order valence-corrected chi connectivity index (χ0v) is 15.0. The Morgan fingerprint density at radius 1 is 0.476 bits per heavy atom. The van der Waals surface area contributed by atoms with Crippen LogP contribution < -0.4 is 0 Å². The van der Waals surface area contributed by atoms with E-state index < -0.39 is 0 Å². The lowest BCUT2D eigenvalue weighted by molar-refractivity contribution is 0.148. The van der Waals surface area contributed by atoms with Crippen LogP contribution in [0.2, 0.25) is 0 Å². The highest BCUT2D eigenvalue weighted by Crippen LogP contribution is 2.14. The normalized spacial score (nSPS) is 12.7. The third-order valence-electron chi connectivity index (χ3n) is 4.53. The van der Waals surface area contributed by atoms with Crippen LogP contribution >= 0.6 is 0 Å². The van der Waals surface area contributed by atoms with E-state index in [-0.39, 0.29) is 6.10 Å². The summed E-state index contributed by atoms with van der Waals surface area (Å²) in [5.41, 5.74) is 0. The standard InChI is InChI=1S/C20H42O/c1-3-5-7-8-9-10-11-12-13-14-15-16-17-19-20(21)18-6-4-2/h20-21H,3-19H2,1-2H3. The van der Waals surface area contributed by atoms with Crippen LogP contribution in [0.15, 0.2) is 0 Å². The first-order chi connectivity index (χ1) is 10.3. The molecule has 0 saturated carbocycles. The molecule has 0 saturated heterocycles. The summed E-state index contributed by atoms with van der Waals surface area (Å²) in [5, 5.41) is 9.76. The molecule has 0 bridgehead atoms. The van der Waals surface area contributed by atoms with Gasteiger partial charge >= 0.3 is 0 Å². The largest absolute Gasteiger partial charge is 0.393 e. The molecule has 128 valence electrons. The van der Waals surface area contributed by atoms with Crippen molar-refractivity contribution in [3.8, 4) is 0 Å². The van der Waals surface area contributed by atoms with E-state index >= 15 is 0 Å². The van der Waals surface area contributed by atoms with Gasteiger partial charge in [-0.25, -0.2) is 0 Å². The van der Waals surface area contributed by atoms with Crippen molar-refractivity contribution in [3.63, 3.8) is 0 Å². The maximum Gasteiger partial charge on any atom is 0.0540 e. The molecule has 1 unspecified atom stereocenters. The molecule has 0 aliphatic heterocycles. The molecular weight excluding hydrogens is 256 g/mol. The van der Waals surface area contributed by atoms with Crippen molar-refractivity contribution in [1.82, 2.24) is 0 Å². The molecule has 0 radical (unpaired) electrons. The van der Waals surface area contributed by atoms with Gasteiger partial charge in [0.05, 0.1) is 6.10 Å². The minimum absolute atomic E-state index is 0.0299. The lowest BCUT2D eigenvalue weighted by atomic mass is 10.0.